The van der Waals surface area contributed by atoms with E-state index in [4.69, 9.17) is 10.1 Å². The monoisotopic (exact) mass is 579 g/mol. The van der Waals surface area contributed by atoms with Gasteiger partial charge in [0.15, 0.2) is 0 Å². The summed E-state index contributed by atoms with van der Waals surface area (Å²) in [5.74, 6) is -0.228. The van der Waals surface area contributed by atoms with Crippen molar-refractivity contribution < 1.29 is 14.7 Å². The summed E-state index contributed by atoms with van der Waals surface area (Å²) in [6.45, 7) is 5.27. The Bertz CT molecular complexity index is 1540. The van der Waals surface area contributed by atoms with Gasteiger partial charge >= 0.3 is 12.0 Å². The summed E-state index contributed by atoms with van der Waals surface area (Å²) >= 11 is 1.52. The summed E-state index contributed by atoms with van der Waals surface area (Å²) < 4.78 is 0. The Labute approximate surface area is 250 Å². The summed E-state index contributed by atoms with van der Waals surface area (Å²) in [6, 6.07) is 27.2. The van der Waals surface area contributed by atoms with Gasteiger partial charge in [0, 0.05) is 42.5 Å². The first-order valence-electron chi connectivity index (χ1n) is 14.2. The molecule has 214 valence electrons. The number of aromatic nitrogens is 2. The number of carbonyl (C=O) groups is 2. The van der Waals surface area contributed by atoms with Gasteiger partial charge in [0.05, 0.1) is 18.2 Å². The first-order chi connectivity index (χ1) is 20.5. The number of carbonyl (C=O) groups excluding carboxylic acids is 1. The molecule has 0 aliphatic carbocycles. The summed E-state index contributed by atoms with van der Waals surface area (Å²) in [5.41, 5.74) is 3.62. The van der Waals surface area contributed by atoms with Crippen LogP contribution in [0.1, 0.15) is 46.1 Å². The number of piperidine rings is 1. The molecule has 2 fully saturated rings. The first kappa shape index (κ1) is 27.9. The van der Waals surface area contributed by atoms with Crippen molar-refractivity contribution in [1.29, 1.82) is 0 Å². The highest BCUT2D eigenvalue weighted by atomic mass is 32.2. The molecule has 2 aliphatic heterocycles. The Morgan fingerprint density at radius 2 is 1.69 bits per heavy atom. The molecule has 2 aliphatic rings. The molecule has 2 amide bonds. The number of hydrogen-bond donors (Lipinski definition) is 1. The third kappa shape index (κ3) is 6.03. The fourth-order valence-electron chi connectivity index (χ4n) is 5.84. The van der Waals surface area contributed by atoms with E-state index in [1.807, 2.05) is 66.4 Å². The summed E-state index contributed by atoms with van der Waals surface area (Å²) in [5, 5.41) is 10.0. The van der Waals surface area contributed by atoms with Crippen molar-refractivity contribution in [1.82, 2.24) is 19.8 Å². The van der Waals surface area contributed by atoms with Gasteiger partial charge in [-0.15, -0.1) is 0 Å². The van der Waals surface area contributed by atoms with E-state index in [0.29, 0.717) is 12.4 Å². The van der Waals surface area contributed by atoms with E-state index in [-0.39, 0.29) is 23.7 Å². The summed E-state index contributed by atoms with van der Waals surface area (Å²) in [7, 11) is 0. The van der Waals surface area contributed by atoms with Crippen LogP contribution < -0.4 is 4.90 Å². The normalized spacial score (nSPS) is 18.0. The smallest absolute Gasteiger partial charge is 0.335 e. The highest BCUT2D eigenvalue weighted by Crippen LogP contribution is 2.36. The van der Waals surface area contributed by atoms with Crippen molar-refractivity contribution in [3.05, 3.63) is 114 Å². The van der Waals surface area contributed by atoms with Gasteiger partial charge in [0.1, 0.15) is 10.8 Å². The van der Waals surface area contributed by atoms with Crippen LogP contribution >= 0.6 is 11.8 Å². The maximum atomic E-state index is 13.8. The summed E-state index contributed by atoms with van der Waals surface area (Å²) in [6.07, 6.45) is 3.57. The molecule has 1 N–H and O–H groups in total. The number of aromatic carboxylic acids is 1. The molecule has 4 heterocycles. The quantitative estimate of drug-likeness (QED) is 0.263. The Morgan fingerprint density at radius 3 is 2.36 bits per heavy atom. The number of aryl methyl sites for hydroxylation is 1. The number of urea groups is 1. The van der Waals surface area contributed by atoms with Gasteiger partial charge in [-0.1, -0.05) is 54.2 Å². The molecule has 0 bridgehead atoms. The lowest BCUT2D eigenvalue weighted by molar-refractivity contribution is 0.0696. The highest BCUT2D eigenvalue weighted by molar-refractivity contribution is 7.99. The molecular weight excluding hydrogens is 546 g/mol. The highest BCUT2D eigenvalue weighted by Gasteiger charge is 2.43. The van der Waals surface area contributed by atoms with Crippen LogP contribution in [-0.2, 0) is 6.54 Å². The van der Waals surface area contributed by atoms with E-state index in [2.05, 4.69) is 33.0 Å². The van der Waals surface area contributed by atoms with Crippen LogP contribution in [0.15, 0.2) is 101 Å². The third-order valence-electron chi connectivity index (χ3n) is 8.09. The number of likely N-dealkylation sites (tertiary alicyclic amines) is 1. The standard InChI is InChI=1S/C33H33N5O3S/c1-23-26(12-15-31(35-23)42-28-13-10-25(11-14-28)32(39)40)21-36-19-16-27(17-20-36)38-29(24-7-3-2-4-8-24)22-37(33(38)41)30-9-5-6-18-34-30/h2-15,18,27,29H,16-17,19-22H2,1H3,(H,39,40)/t29-/m0/s1. The molecule has 42 heavy (non-hydrogen) atoms. The van der Waals surface area contributed by atoms with Crippen molar-refractivity contribution in [3.63, 3.8) is 0 Å². The van der Waals surface area contributed by atoms with E-state index >= 15 is 0 Å². The molecule has 0 radical (unpaired) electrons. The lowest BCUT2D eigenvalue weighted by Gasteiger charge is -2.39. The second kappa shape index (κ2) is 12.3. The lowest BCUT2D eigenvalue weighted by atomic mass is 9.98. The second-order valence-electron chi connectivity index (χ2n) is 10.7. The minimum atomic E-state index is -0.927. The maximum absolute atomic E-state index is 13.8. The number of carboxylic acid groups (broad SMARTS) is 1. The van der Waals surface area contributed by atoms with Crippen LogP contribution in [0.4, 0.5) is 10.6 Å². The van der Waals surface area contributed by atoms with E-state index in [1.54, 1.807) is 18.3 Å². The van der Waals surface area contributed by atoms with Crippen LogP contribution in [0.5, 0.6) is 0 Å². The van der Waals surface area contributed by atoms with Gasteiger partial charge in [0.25, 0.3) is 0 Å². The predicted octanol–water partition coefficient (Wildman–Crippen LogP) is 6.28. The summed E-state index contributed by atoms with van der Waals surface area (Å²) in [4.78, 5) is 41.5. The zero-order chi connectivity index (χ0) is 29.1. The molecule has 2 saturated heterocycles. The van der Waals surface area contributed by atoms with Crippen molar-refractivity contribution in [2.45, 2.75) is 48.3 Å². The SMILES string of the molecule is Cc1nc(Sc2ccc(C(=O)O)cc2)ccc1CN1CCC(N2C(=O)N(c3ccccn3)C[C@H]2c2ccccc2)CC1. The van der Waals surface area contributed by atoms with E-state index in [1.165, 1.54) is 17.3 Å². The Hall–Kier alpha value is -4.21. The van der Waals surface area contributed by atoms with Gasteiger partial charge < -0.3 is 10.0 Å². The van der Waals surface area contributed by atoms with E-state index in [0.717, 1.165) is 53.7 Å². The Balaban J connectivity index is 1.10. The molecule has 0 saturated carbocycles. The van der Waals surface area contributed by atoms with Crippen molar-refractivity contribution in [2.75, 3.05) is 24.5 Å². The lowest BCUT2D eigenvalue weighted by Crippen LogP contribution is -2.47. The number of anilines is 1. The number of rotatable bonds is 8. The zero-order valence-electron chi connectivity index (χ0n) is 23.5. The van der Waals surface area contributed by atoms with Gasteiger partial charge in [-0.25, -0.2) is 19.6 Å². The molecule has 2 aromatic heterocycles. The largest absolute Gasteiger partial charge is 0.478 e. The third-order valence-corrected chi connectivity index (χ3v) is 9.04. The van der Waals surface area contributed by atoms with Gasteiger partial charge in [-0.2, -0.15) is 0 Å². The fourth-order valence-corrected chi connectivity index (χ4v) is 6.67. The number of benzene rings is 2. The Morgan fingerprint density at radius 1 is 0.952 bits per heavy atom. The number of carboxylic acids is 1. The van der Waals surface area contributed by atoms with Gasteiger partial charge in [-0.05, 0) is 73.4 Å². The van der Waals surface area contributed by atoms with Crippen molar-refractivity contribution in [3.8, 4) is 0 Å². The fraction of sp³-hybridized carbons (Fsp3) is 0.273. The van der Waals surface area contributed by atoms with Gasteiger partial charge in [0.2, 0.25) is 0 Å². The number of hydrogen-bond acceptors (Lipinski definition) is 6. The first-order valence-corrected chi connectivity index (χ1v) is 15.0. The van der Waals surface area contributed by atoms with Crippen molar-refractivity contribution in [2.24, 2.45) is 0 Å². The minimum absolute atomic E-state index is 0.00549. The molecule has 0 spiro atoms. The van der Waals surface area contributed by atoms with E-state index in [9.17, 15) is 9.59 Å². The van der Waals surface area contributed by atoms with Crippen LogP contribution in [0.2, 0.25) is 0 Å². The molecule has 2 aromatic carbocycles. The maximum Gasteiger partial charge on any atom is 0.335 e. The van der Waals surface area contributed by atoms with Crippen LogP contribution in [0.3, 0.4) is 0 Å². The van der Waals surface area contributed by atoms with E-state index < -0.39 is 5.97 Å². The molecule has 6 rings (SSSR count). The predicted molar refractivity (Wildman–Crippen MR) is 163 cm³/mol. The topological polar surface area (TPSA) is 89.9 Å². The Kier molecular flexibility index (Phi) is 8.21. The second-order valence-corrected chi connectivity index (χ2v) is 11.8. The van der Waals surface area contributed by atoms with Crippen LogP contribution in [0, 0.1) is 6.92 Å². The number of amides is 2. The van der Waals surface area contributed by atoms with Crippen LogP contribution in [-0.4, -0.2) is 62.6 Å². The van der Waals surface area contributed by atoms with Crippen LogP contribution in [0.25, 0.3) is 0 Å². The number of nitrogens with zero attached hydrogens (tertiary/aromatic N) is 5. The molecule has 1 atom stereocenters. The average molecular weight is 580 g/mol. The molecule has 0 unspecified atom stereocenters. The zero-order valence-corrected chi connectivity index (χ0v) is 24.3. The van der Waals surface area contributed by atoms with Gasteiger partial charge in [-0.3, -0.25) is 9.80 Å². The average Bonchev–Trinajstić information content (AvgIpc) is 3.37. The number of pyridine rings is 2. The molecule has 8 nitrogen and oxygen atoms in total. The minimum Gasteiger partial charge on any atom is -0.478 e. The molecule has 4 aromatic rings. The molecule has 9 heteroatoms. The van der Waals surface area contributed by atoms with Crippen molar-refractivity contribution >= 4 is 29.6 Å². The molecular formula is C33H33N5O3S.